The first-order valence-corrected chi connectivity index (χ1v) is 6.58. The quantitative estimate of drug-likeness (QED) is 0.873. The molecule has 1 atom stereocenters. The van der Waals surface area contributed by atoms with Gasteiger partial charge in [0.25, 0.3) is 0 Å². The number of benzene rings is 1. The lowest BCUT2D eigenvalue weighted by atomic mass is 9.97. The summed E-state index contributed by atoms with van der Waals surface area (Å²) >= 11 is 0. The molecule has 0 aliphatic carbocycles. The fraction of sp³-hybridized carbons (Fsp3) is 0.467. The fourth-order valence-electron chi connectivity index (χ4n) is 1.79. The van der Waals surface area contributed by atoms with Gasteiger partial charge in [0.05, 0.1) is 6.61 Å². The van der Waals surface area contributed by atoms with Crippen molar-refractivity contribution in [1.29, 1.82) is 0 Å². The molecule has 2 aromatic rings. The van der Waals surface area contributed by atoms with E-state index in [0.717, 1.165) is 0 Å². The number of aliphatic hydroxyl groups is 1. The minimum atomic E-state index is -1.30. The highest BCUT2D eigenvalue weighted by molar-refractivity contribution is 5.80. The minimum Gasteiger partial charge on any atom is -0.464 e. The Hall–Kier alpha value is -1.88. The summed E-state index contributed by atoms with van der Waals surface area (Å²) in [6.07, 6.45) is -1.30. The van der Waals surface area contributed by atoms with Crippen LogP contribution in [-0.2, 0) is 14.9 Å². The first-order valence-electron chi connectivity index (χ1n) is 6.58. The van der Waals surface area contributed by atoms with Gasteiger partial charge in [-0.2, -0.15) is 0 Å². The van der Waals surface area contributed by atoms with E-state index in [-0.39, 0.29) is 12.0 Å². The average molecular weight is 277 g/mol. The molecular weight excluding hydrogens is 258 g/mol. The first-order chi connectivity index (χ1) is 9.32. The minimum absolute atomic E-state index is 0.195. The smallest absolute Gasteiger partial charge is 0.339 e. The SMILES string of the molecule is CCOC(=O)C(O)c1ccc2oc(C(C)(C)C)nc2c1. The molecule has 5 heteroatoms. The largest absolute Gasteiger partial charge is 0.464 e. The number of esters is 1. The van der Waals surface area contributed by atoms with Crippen molar-refractivity contribution in [2.24, 2.45) is 0 Å². The number of rotatable bonds is 3. The Morgan fingerprint density at radius 2 is 2.15 bits per heavy atom. The van der Waals surface area contributed by atoms with E-state index in [1.807, 2.05) is 20.8 Å². The van der Waals surface area contributed by atoms with E-state index in [2.05, 4.69) is 4.98 Å². The zero-order valence-corrected chi connectivity index (χ0v) is 12.1. The molecule has 0 fully saturated rings. The van der Waals surface area contributed by atoms with Crippen LogP contribution in [0.4, 0.5) is 0 Å². The van der Waals surface area contributed by atoms with E-state index in [0.29, 0.717) is 22.6 Å². The molecule has 1 unspecified atom stereocenters. The van der Waals surface area contributed by atoms with Gasteiger partial charge in [-0.25, -0.2) is 9.78 Å². The lowest BCUT2D eigenvalue weighted by molar-refractivity contribution is -0.153. The number of carbonyl (C=O) groups is 1. The second-order valence-corrected chi connectivity index (χ2v) is 5.65. The summed E-state index contributed by atoms with van der Waals surface area (Å²) < 4.78 is 10.5. The Labute approximate surface area is 117 Å². The van der Waals surface area contributed by atoms with Crippen molar-refractivity contribution >= 4 is 17.1 Å². The van der Waals surface area contributed by atoms with Crippen LogP contribution in [0.25, 0.3) is 11.1 Å². The maximum absolute atomic E-state index is 11.5. The molecule has 108 valence electrons. The molecule has 0 saturated carbocycles. The highest BCUT2D eigenvalue weighted by Gasteiger charge is 2.23. The molecule has 0 aliphatic rings. The van der Waals surface area contributed by atoms with Gasteiger partial charge in [0, 0.05) is 5.41 Å². The summed E-state index contributed by atoms with van der Waals surface area (Å²) in [4.78, 5) is 15.9. The molecule has 0 aliphatic heterocycles. The number of aliphatic hydroxyl groups excluding tert-OH is 1. The molecule has 0 saturated heterocycles. The van der Waals surface area contributed by atoms with Crippen molar-refractivity contribution in [3.8, 4) is 0 Å². The van der Waals surface area contributed by atoms with Gasteiger partial charge in [0.15, 0.2) is 11.7 Å². The Morgan fingerprint density at radius 1 is 1.45 bits per heavy atom. The Bertz CT molecular complexity index is 624. The van der Waals surface area contributed by atoms with Crippen molar-refractivity contribution in [2.75, 3.05) is 6.61 Å². The Kier molecular flexibility index (Phi) is 3.81. The third-order valence-corrected chi connectivity index (χ3v) is 2.88. The maximum Gasteiger partial charge on any atom is 0.339 e. The number of hydrogen-bond donors (Lipinski definition) is 1. The lowest BCUT2D eigenvalue weighted by Crippen LogP contribution is -2.15. The maximum atomic E-state index is 11.5. The van der Waals surface area contributed by atoms with Gasteiger partial charge in [-0.3, -0.25) is 0 Å². The van der Waals surface area contributed by atoms with Crippen LogP contribution in [0.3, 0.4) is 0 Å². The van der Waals surface area contributed by atoms with Crippen LogP contribution in [0.1, 0.15) is 45.3 Å². The van der Waals surface area contributed by atoms with Crippen molar-refractivity contribution in [1.82, 2.24) is 4.98 Å². The van der Waals surface area contributed by atoms with Gasteiger partial charge in [-0.15, -0.1) is 0 Å². The van der Waals surface area contributed by atoms with E-state index in [9.17, 15) is 9.90 Å². The molecule has 1 aromatic carbocycles. The highest BCUT2D eigenvalue weighted by atomic mass is 16.5. The van der Waals surface area contributed by atoms with Crippen molar-refractivity contribution in [3.63, 3.8) is 0 Å². The van der Waals surface area contributed by atoms with Crippen molar-refractivity contribution < 1.29 is 19.1 Å². The van der Waals surface area contributed by atoms with Crippen LogP contribution in [0, 0.1) is 0 Å². The molecule has 0 spiro atoms. The van der Waals surface area contributed by atoms with E-state index in [1.165, 1.54) is 0 Å². The molecule has 0 bridgehead atoms. The standard InChI is InChI=1S/C15H19NO4/c1-5-19-13(18)12(17)9-6-7-11-10(8-9)16-14(20-11)15(2,3)4/h6-8,12,17H,5H2,1-4H3. The molecule has 0 amide bonds. The number of aromatic nitrogens is 1. The predicted molar refractivity (Wildman–Crippen MR) is 74.3 cm³/mol. The summed E-state index contributed by atoms with van der Waals surface area (Å²) in [5, 5.41) is 9.91. The molecule has 1 heterocycles. The highest BCUT2D eigenvalue weighted by Crippen LogP contribution is 2.27. The summed E-state index contributed by atoms with van der Waals surface area (Å²) in [5.74, 6) is -0.0401. The molecule has 5 nitrogen and oxygen atoms in total. The number of oxazole rings is 1. The van der Waals surface area contributed by atoms with Gasteiger partial charge >= 0.3 is 5.97 Å². The first kappa shape index (κ1) is 14.5. The van der Waals surface area contributed by atoms with Gasteiger partial charge in [0.2, 0.25) is 5.89 Å². The van der Waals surface area contributed by atoms with Crippen LogP contribution >= 0.6 is 0 Å². The van der Waals surface area contributed by atoms with E-state index in [4.69, 9.17) is 9.15 Å². The molecular formula is C15H19NO4. The fourth-order valence-corrected chi connectivity index (χ4v) is 1.79. The van der Waals surface area contributed by atoms with Gasteiger partial charge in [-0.05, 0) is 24.6 Å². The summed E-state index contributed by atoms with van der Waals surface area (Å²) in [6, 6.07) is 4.99. The molecule has 1 N–H and O–H groups in total. The number of carbonyl (C=O) groups excluding carboxylic acids is 1. The third kappa shape index (κ3) is 2.82. The number of fused-ring (bicyclic) bond motifs is 1. The monoisotopic (exact) mass is 277 g/mol. The Morgan fingerprint density at radius 3 is 2.75 bits per heavy atom. The summed E-state index contributed by atoms with van der Waals surface area (Å²) in [6.45, 7) is 7.95. The lowest BCUT2D eigenvalue weighted by Gasteiger charge is -2.11. The number of ether oxygens (including phenoxy) is 1. The van der Waals surface area contributed by atoms with Crippen LogP contribution in [0.15, 0.2) is 22.6 Å². The van der Waals surface area contributed by atoms with Gasteiger partial charge in [-0.1, -0.05) is 26.8 Å². The zero-order chi connectivity index (χ0) is 14.9. The Balaban J connectivity index is 2.36. The van der Waals surface area contributed by atoms with Crippen molar-refractivity contribution in [2.45, 2.75) is 39.2 Å². The van der Waals surface area contributed by atoms with Crippen LogP contribution in [0.2, 0.25) is 0 Å². The van der Waals surface area contributed by atoms with Crippen LogP contribution in [0.5, 0.6) is 0 Å². The summed E-state index contributed by atoms with van der Waals surface area (Å²) in [5.41, 5.74) is 1.51. The van der Waals surface area contributed by atoms with E-state index in [1.54, 1.807) is 25.1 Å². The van der Waals surface area contributed by atoms with Crippen LogP contribution < -0.4 is 0 Å². The second-order valence-electron chi connectivity index (χ2n) is 5.65. The summed E-state index contributed by atoms with van der Waals surface area (Å²) in [7, 11) is 0. The zero-order valence-electron chi connectivity index (χ0n) is 12.1. The van der Waals surface area contributed by atoms with Gasteiger partial charge < -0.3 is 14.3 Å². The third-order valence-electron chi connectivity index (χ3n) is 2.88. The average Bonchev–Trinajstić information content (AvgIpc) is 2.80. The van der Waals surface area contributed by atoms with Gasteiger partial charge in [0.1, 0.15) is 5.52 Å². The second kappa shape index (κ2) is 5.25. The van der Waals surface area contributed by atoms with Crippen molar-refractivity contribution in [3.05, 3.63) is 29.7 Å². The predicted octanol–water partition coefficient (Wildman–Crippen LogP) is 2.72. The molecule has 2 rings (SSSR count). The molecule has 20 heavy (non-hydrogen) atoms. The number of hydrogen-bond acceptors (Lipinski definition) is 5. The molecule has 0 radical (unpaired) electrons. The van der Waals surface area contributed by atoms with Crippen LogP contribution in [-0.4, -0.2) is 22.7 Å². The molecule has 1 aromatic heterocycles. The number of nitrogens with zero attached hydrogens (tertiary/aromatic N) is 1. The van der Waals surface area contributed by atoms with E-state index >= 15 is 0 Å². The van der Waals surface area contributed by atoms with E-state index < -0.39 is 12.1 Å². The normalized spacial score (nSPS) is 13.4. The topological polar surface area (TPSA) is 72.6 Å².